The molecule has 0 fully saturated rings. The van der Waals surface area contributed by atoms with Gasteiger partial charge in [0.05, 0.1) is 12.1 Å². The first-order valence-electron chi connectivity index (χ1n) is 8.04. The van der Waals surface area contributed by atoms with Gasteiger partial charge in [0.1, 0.15) is 6.54 Å². The van der Waals surface area contributed by atoms with Crippen LogP contribution in [0.3, 0.4) is 0 Å². The van der Waals surface area contributed by atoms with Gasteiger partial charge in [0, 0.05) is 18.5 Å². The Labute approximate surface area is 151 Å². The van der Waals surface area contributed by atoms with Crippen molar-refractivity contribution >= 4 is 11.6 Å². The molecule has 11 heteroatoms. The molecule has 27 heavy (non-hydrogen) atoms. The average molecular weight is 366 g/mol. The number of carbonyl (C=O) groups excluding carboxylic acids is 1. The van der Waals surface area contributed by atoms with Crippen molar-refractivity contribution in [3.05, 3.63) is 58.7 Å². The van der Waals surface area contributed by atoms with E-state index in [9.17, 15) is 9.59 Å². The van der Waals surface area contributed by atoms with E-state index in [1.807, 2.05) is 0 Å². The van der Waals surface area contributed by atoms with Gasteiger partial charge >= 0.3 is 0 Å². The van der Waals surface area contributed by atoms with E-state index in [1.165, 1.54) is 18.3 Å². The second-order valence-corrected chi connectivity index (χ2v) is 5.67. The zero-order valence-corrected chi connectivity index (χ0v) is 14.2. The Morgan fingerprint density at radius 1 is 1.26 bits per heavy atom. The summed E-state index contributed by atoms with van der Waals surface area (Å²) < 4.78 is 7.99. The van der Waals surface area contributed by atoms with Crippen molar-refractivity contribution in [1.82, 2.24) is 39.8 Å². The Bertz CT molecular complexity index is 1180. The molecule has 0 saturated carbocycles. The van der Waals surface area contributed by atoms with Gasteiger partial charge in [0.2, 0.25) is 5.91 Å². The summed E-state index contributed by atoms with van der Waals surface area (Å²) in [4.78, 5) is 27.9. The molecule has 4 heterocycles. The normalized spacial score (nSPS) is 11.0. The number of pyridine rings is 1. The molecule has 0 bridgehead atoms. The van der Waals surface area contributed by atoms with E-state index in [0.717, 1.165) is 4.68 Å². The molecule has 0 atom stereocenters. The predicted molar refractivity (Wildman–Crippen MR) is 91.4 cm³/mol. The van der Waals surface area contributed by atoms with Gasteiger partial charge in [0.25, 0.3) is 11.4 Å². The zero-order valence-electron chi connectivity index (χ0n) is 14.2. The van der Waals surface area contributed by atoms with Crippen LogP contribution in [0.25, 0.3) is 17.1 Å². The smallest absolute Gasteiger partial charge is 0.267 e. The molecule has 0 aliphatic heterocycles. The number of rotatable bonds is 5. The number of amides is 1. The first-order chi connectivity index (χ1) is 13.1. The van der Waals surface area contributed by atoms with Gasteiger partial charge in [-0.1, -0.05) is 5.16 Å². The van der Waals surface area contributed by atoms with Crippen molar-refractivity contribution in [3.8, 4) is 11.5 Å². The Kier molecular flexibility index (Phi) is 4.16. The molecule has 0 saturated heterocycles. The van der Waals surface area contributed by atoms with Crippen molar-refractivity contribution in [1.29, 1.82) is 0 Å². The summed E-state index contributed by atoms with van der Waals surface area (Å²) in [5.41, 5.74) is 0.828. The lowest BCUT2D eigenvalue weighted by atomic mass is 10.2. The molecule has 1 N–H and O–H groups in total. The zero-order chi connectivity index (χ0) is 18.8. The number of hydrogen-bond acceptors (Lipinski definition) is 8. The van der Waals surface area contributed by atoms with Gasteiger partial charge < -0.3 is 9.84 Å². The Morgan fingerprint density at radius 2 is 2.15 bits per heavy atom. The Morgan fingerprint density at radius 3 is 2.93 bits per heavy atom. The summed E-state index contributed by atoms with van der Waals surface area (Å²) >= 11 is 0. The summed E-state index contributed by atoms with van der Waals surface area (Å²) in [7, 11) is 0. The van der Waals surface area contributed by atoms with E-state index in [4.69, 9.17) is 4.52 Å². The lowest BCUT2D eigenvalue weighted by molar-refractivity contribution is -0.122. The molecule has 4 aromatic heterocycles. The average Bonchev–Trinajstić information content (AvgIpc) is 3.28. The fraction of sp³-hybridized carbons (Fsp3) is 0.188. The Balaban J connectivity index is 1.52. The van der Waals surface area contributed by atoms with Gasteiger partial charge in [-0.15, -0.1) is 10.2 Å². The Hall–Kier alpha value is -3.89. The van der Waals surface area contributed by atoms with Crippen LogP contribution in [0.4, 0.5) is 0 Å². The molecular formula is C16H14N8O3. The maximum atomic E-state index is 12.1. The fourth-order valence-electron chi connectivity index (χ4n) is 2.53. The van der Waals surface area contributed by atoms with Crippen molar-refractivity contribution in [2.75, 3.05) is 0 Å². The van der Waals surface area contributed by atoms with Crippen LogP contribution in [-0.4, -0.2) is 40.4 Å². The number of nitrogens with one attached hydrogen (secondary N) is 1. The predicted octanol–water partition coefficient (Wildman–Crippen LogP) is -0.0392. The molecule has 11 nitrogen and oxygen atoms in total. The first kappa shape index (κ1) is 16.6. The largest absolute Gasteiger partial charge is 0.347 e. The highest BCUT2D eigenvalue weighted by atomic mass is 16.5. The van der Waals surface area contributed by atoms with Gasteiger partial charge in [-0.2, -0.15) is 10.1 Å². The second kappa shape index (κ2) is 6.78. The quantitative estimate of drug-likeness (QED) is 0.520. The highest BCUT2D eigenvalue weighted by Gasteiger charge is 2.15. The molecule has 0 aliphatic rings. The molecular weight excluding hydrogens is 352 g/mol. The highest BCUT2D eigenvalue weighted by molar-refractivity contribution is 5.75. The van der Waals surface area contributed by atoms with Gasteiger partial charge in [-0.05, 0) is 25.1 Å². The molecule has 0 unspecified atom stereocenters. The van der Waals surface area contributed by atoms with E-state index in [1.54, 1.807) is 29.7 Å². The van der Waals surface area contributed by atoms with Gasteiger partial charge in [0.15, 0.2) is 17.3 Å². The molecule has 0 radical (unpaired) electrons. The van der Waals surface area contributed by atoms with Crippen LogP contribution in [0.15, 0.2) is 46.0 Å². The number of aryl methyl sites for hydroxylation is 1. The molecule has 0 aromatic carbocycles. The standard InChI is InChI=1S/C16H14N8O3/c1-10-19-16(27-22-10)11-4-3-7-23-12(20-21-15(11)23)8-17-13(25)9-24-14(26)5-2-6-18-24/h2-7H,8-9H2,1H3,(H,17,25). The number of carbonyl (C=O) groups is 1. The number of fused-ring (bicyclic) bond motifs is 1. The van der Waals surface area contributed by atoms with E-state index in [0.29, 0.717) is 28.8 Å². The minimum atomic E-state index is -0.365. The van der Waals surface area contributed by atoms with Crippen molar-refractivity contribution in [2.45, 2.75) is 20.0 Å². The molecule has 1 amide bonds. The summed E-state index contributed by atoms with van der Waals surface area (Å²) in [5.74, 6) is 1.01. The molecule has 4 aromatic rings. The van der Waals surface area contributed by atoms with Crippen LogP contribution in [0.1, 0.15) is 11.6 Å². The molecule has 4 rings (SSSR count). The number of hydrogen-bond donors (Lipinski definition) is 1. The molecule has 0 aliphatic carbocycles. The third-order valence-corrected chi connectivity index (χ3v) is 3.79. The van der Waals surface area contributed by atoms with Crippen LogP contribution in [0.2, 0.25) is 0 Å². The maximum absolute atomic E-state index is 12.1. The third-order valence-electron chi connectivity index (χ3n) is 3.79. The minimum absolute atomic E-state index is 0.133. The fourth-order valence-corrected chi connectivity index (χ4v) is 2.53. The van der Waals surface area contributed by atoms with Crippen LogP contribution in [0.5, 0.6) is 0 Å². The maximum Gasteiger partial charge on any atom is 0.267 e. The third kappa shape index (κ3) is 3.29. The van der Waals surface area contributed by atoms with Crippen LogP contribution < -0.4 is 10.9 Å². The van der Waals surface area contributed by atoms with Crippen LogP contribution >= 0.6 is 0 Å². The summed E-state index contributed by atoms with van der Waals surface area (Å²) in [5, 5.41) is 18.6. The number of nitrogens with zero attached hydrogens (tertiary/aromatic N) is 7. The second-order valence-electron chi connectivity index (χ2n) is 5.67. The van der Waals surface area contributed by atoms with E-state index < -0.39 is 0 Å². The van der Waals surface area contributed by atoms with Crippen molar-refractivity contribution < 1.29 is 9.32 Å². The summed E-state index contributed by atoms with van der Waals surface area (Å²) in [6, 6.07) is 6.45. The number of aromatic nitrogens is 7. The van der Waals surface area contributed by atoms with Crippen molar-refractivity contribution in [3.63, 3.8) is 0 Å². The van der Waals surface area contributed by atoms with E-state index >= 15 is 0 Å². The SMILES string of the molecule is Cc1noc(-c2cccn3c(CNC(=O)Cn4ncccc4=O)nnc23)n1. The van der Waals surface area contributed by atoms with E-state index in [-0.39, 0.29) is 24.6 Å². The van der Waals surface area contributed by atoms with Crippen molar-refractivity contribution in [2.24, 2.45) is 0 Å². The minimum Gasteiger partial charge on any atom is -0.347 e. The highest BCUT2D eigenvalue weighted by Crippen LogP contribution is 2.21. The molecule has 136 valence electrons. The summed E-state index contributed by atoms with van der Waals surface area (Å²) in [6.07, 6.45) is 3.22. The van der Waals surface area contributed by atoms with Crippen LogP contribution in [0, 0.1) is 6.92 Å². The van der Waals surface area contributed by atoms with E-state index in [2.05, 4.69) is 30.8 Å². The summed E-state index contributed by atoms with van der Waals surface area (Å²) in [6.45, 7) is 1.68. The van der Waals surface area contributed by atoms with Crippen LogP contribution in [-0.2, 0) is 17.9 Å². The van der Waals surface area contributed by atoms with Gasteiger partial charge in [-0.3, -0.25) is 14.0 Å². The lowest BCUT2D eigenvalue weighted by Crippen LogP contribution is -2.33. The topological polar surface area (TPSA) is 133 Å². The van der Waals surface area contributed by atoms with Gasteiger partial charge in [-0.25, -0.2) is 4.68 Å². The lowest BCUT2D eigenvalue weighted by Gasteiger charge is -2.05. The monoisotopic (exact) mass is 366 g/mol. The first-order valence-corrected chi connectivity index (χ1v) is 8.04. The molecule has 0 spiro atoms.